The van der Waals surface area contributed by atoms with Crippen LogP contribution in [-0.4, -0.2) is 63.9 Å². The van der Waals surface area contributed by atoms with Crippen molar-refractivity contribution in [2.45, 2.75) is 51.2 Å². The van der Waals surface area contributed by atoms with Gasteiger partial charge in [0.05, 0.1) is 23.9 Å². The summed E-state index contributed by atoms with van der Waals surface area (Å²) in [5.41, 5.74) is 1.75. The summed E-state index contributed by atoms with van der Waals surface area (Å²) in [5.74, 6) is 1.49. The number of anilines is 1. The van der Waals surface area contributed by atoms with Gasteiger partial charge in [-0.2, -0.15) is 0 Å². The van der Waals surface area contributed by atoms with Gasteiger partial charge >= 0.3 is 0 Å². The number of amides is 1. The molecule has 0 saturated carbocycles. The van der Waals surface area contributed by atoms with Crippen molar-refractivity contribution >= 4 is 18.3 Å². The Balaban J connectivity index is 0.000000775. The van der Waals surface area contributed by atoms with E-state index in [1.807, 2.05) is 12.4 Å². The quantitative estimate of drug-likeness (QED) is 0.642. The fraction of sp³-hybridized carbons (Fsp3) is 0.591. The molecule has 4 atom stereocenters. The molecule has 3 aliphatic rings. The third kappa shape index (κ3) is 4.19. The number of aryl methyl sites for hydroxylation is 2. The summed E-state index contributed by atoms with van der Waals surface area (Å²) < 4.78 is 11.5. The highest BCUT2D eigenvalue weighted by Crippen LogP contribution is 2.54. The lowest BCUT2D eigenvalue weighted by molar-refractivity contribution is -0.122. The Morgan fingerprint density at radius 2 is 2.16 bits per heavy atom. The summed E-state index contributed by atoms with van der Waals surface area (Å²) in [5, 5.41) is 13.7. The number of hydrogen-bond acceptors (Lipinski definition) is 8. The van der Waals surface area contributed by atoms with Crippen LogP contribution in [0.5, 0.6) is 0 Å². The van der Waals surface area contributed by atoms with Gasteiger partial charge in [0.1, 0.15) is 0 Å². The molecule has 32 heavy (non-hydrogen) atoms. The highest BCUT2D eigenvalue weighted by atomic mass is 16.5. The van der Waals surface area contributed by atoms with Gasteiger partial charge in [-0.3, -0.25) is 9.59 Å². The predicted octanol–water partition coefficient (Wildman–Crippen LogP) is 1.84. The second kappa shape index (κ2) is 9.23. The Morgan fingerprint density at radius 1 is 1.41 bits per heavy atom. The van der Waals surface area contributed by atoms with E-state index in [0.29, 0.717) is 24.1 Å². The summed E-state index contributed by atoms with van der Waals surface area (Å²) in [6, 6.07) is 1.66. The molecule has 5 heterocycles. The minimum absolute atomic E-state index is 0.131. The van der Waals surface area contributed by atoms with Gasteiger partial charge in [0, 0.05) is 43.4 Å². The molecular formula is C22H29N5O5. The number of aromatic nitrogens is 3. The van der Waals surface area contributed by atoms with Crippen LogP contribution in [-0.2, 0) is 16.0 Å². The molecule has 0 aliphatic carbocycles. The maximum atomic E-state index is 12.4. The first kappa shape index (κ1) is 22.2. The van der Waals surface area contributed by atoms with Crippen LogP contribution in [0.3, 0.4) is 0 Å². The van der Waals surface area contributed by atoms with Crippen LogP contribution in [0.4, 0.5) is 5.95 Å². The Labute approximate surface area is 186 Å². The van der Waals surface area contributed by atoms with Crippen LogP contribution < -0.4 is 10.2 Å². The molecule has 0 unspecified atom stereocenters. The van der Waals surface area contributed by atoms with E-state index >= 15 is 0 Å². The normalized spacial score (nSPS) is 27.6. The Hall–Kier alpha value is -3.01. The van der Waals surface area contributed by atoms with Crippen molar-refractivity contribution in [1.29, 1.82) is 0 Å². The average molecular weight is 444 g/mol. The van der Waals surface area contributed by atoms with Crippen molar-refractivity contribution < 1.29 is 24.0 Å². The van der Waals surface area contributed by atoms with E-state index in [4.69, 9.17) is 19.2 Å². The fourth-order valence-corrected chi connectivity index (χ4v) is 5.31. The molecule has 0 radical (unpaired) electrons. The van der Waals surface area contributed by atoms with Crippen LogP contribution in [0.2, 0.25) is 0 Å². The summed E-state index contributed by atoms with van der Waals surface area (Å²) >= 11 is 0. The number of nitrogens with one attached hydrogen (secondary N) is 1. The van der Waals surface area contributed by atoms with Crippen LogP contribution in [0.25, 0.3) is 0 Å². The van der Waals surface area contributed by atoms with Crippen LogP contribution >= 0.6 is 0 Å². The molecule has 1 amide bonds. The molecule has 2 aromatic heterocycles. The maximum Gasteiger partial charge on any atom is 0.290 e. The average Bonchev–Trinajstić information content (AvgIpc) is 3.54. The van der Waals surface area contributed by atoms with Crippen molar-refractivity contribution in [1.82, 2.24) is 20.4 Å². The van der Waals surface area contributed by atoms with Crippen molar-refractivity contribution in [3.05, 3.63) is 35.5 Å². The van der Waals surface area contributed by atoms with Gasteiger partial charge < -0.3 is 24.6 Å². The lowest BCUT2D eigenvalue weighted by atomic mass is 9.73. The summed E-state index contributed by atoms with van der Waals surface area (Å²) in [6.45, 7) is 5.99. The minimum atomic E-state index is -0.250. The topological polar surface area (TPSA) is 131 Å². The van der Waals surface area contributed by atoms with E-state index in [1.54, 1.807) is 13.0 Å². The third-order valence-corrected chi connectivity index (χ3v) is 6.65. The number of rotatable bonds is 6. The fourth-order valence-electron chi connectivity index (χ4n) is 5.31. The molecule has 2 aromatic rings. The molecule has 0 aromatic carbocycles. The molecule has 2 bridgehead atoms. The Morgan fingerprint density at radius 3 is 2.81 bits per heavy atom. The first-order valence-electron chi connectivity index (χ1n) is 11.0. The molecular weight excluding hydrogens is 414 g/mol. The molecule has 172 valence electrons. The first-order chi connectivity index (χ1) is 15.5. The number of nitrogens with zero attached hydrogens (tertiary/aromatic N) is 4. The second-order valence-corrected chi connectivity index (χ2v) is 8.70. The van der Waals surface area contributed by atoms with Crippen molar-refractivity contribution in [2.75, 3.05) is 24.5 Å². The molecule has 3 aliphatic heterocycles. The van der Waals surface area contributed by atoms with Crippen molar-refractivity contribution in [2.24, 2.45) is 11.8 Å². The molecule has 2 N–H and O–H groups in total. The van der Waals surface area contributed by atoms with Gasteiger partial charge in [0.2, 0.25) is 11.7 Å². The highest BCUT2D eigenvalue weighted by molar-refractivity contribution is 5.91. The molecule has 10 heteroatoms. The second-order valence-electron chi connectivity index (χ2n) is 8.70. The molecule has 10 nitrogen and oxygen atoms in total. The number of carbonyl (C=O) groups is 2. The van der Waals surface area contributed by atoms with E-state index in [0.717, 1.165) is 44.7 Å². The third-order valence-electron chi connectivity index (χ3n) is 6.65. The minimum Gasteiger partial charge on any atom is -0.483 e. The van der Waals surface area contributed by atoms with Gasteiger partial charge in [0.25, 0.3) is 12.4 Å². The summed E-state index contributed by atoms with van der Waals surface area (Å²) in [7, 11) is 0. The Bertz CT molecular complexity index is 948. The predicted molar refractivity (Wildman–Crippen MR) is 114 cm³/mol. The zero-order valence-corrected chi connectivity index (χ0v) is 18.4. The van der Waals surface area contributed by atoms with E-state index in [-0.39, 0.29) is 29.8 Å². The summed E-state index contributed by atoms with van der Waals surface area (Å²) in [6.07, 6.45) is 8.30. The van der Waals surface area contributed by atoms with Crippen LogP contribution in [0.15, 0.2) is 23.0 Å². The zero-order valence-electron chi connectivity index (χ0n) is 18.4. The monoisotopic (exact) mass is 443 g/mol. The first-order valence-corrected chi connectivity index (χ1v) is 11.0. The smallest absolute Gasteiger partial charge is 0.290 e. The highest BCUT2D eigenvalue weighted by Gasteiger charge is 2.63. The lowest BCUT2D eigenvalue weighted by Crippen LogP contribution is -2.41. The van der Waals surface area contributed by atoms with Crippen molar-refractivity contribution in [3.8, 4) is 0 Å². The number of hydrogen-bond donors (Lipinski definition) is 2. The molecule has 1 spiro atoms. The Kier molecular flexibility index (Phi) is 6.40. The number of ether oxygens (including phenoxy) is 1. The number of fused-ring (bicyclic) bond motifs is 1. The van der Waals surface area contributed by atoms with E-state index in [1.165, 1.54) is 5.56 Å². The molecule has 5 rings (SSSR count). The van der Waals surface area contributed by atoms with E-state index < -0.39 is 0 Å². The zero-order chi connectivity index (χ0) is 22.7. The van der Waals surface area contributed by atoms with Crippen molar-refractivity contribution in [3.63, 3.8) is 0 Å². The maximum absolute atomic E-state index is 12.4. The van der Waals surface area contributed by atoms with Gasteiger partial charge in [-0.25, -0.2) is 9.97 Å². The van der Waals surface area contributed by atoms with E-state index in [9.17, 15) is 4.79 Å². The number of carbonyl (C=O) groups excluding carboxylic acids is 1. The van der Waals surface area contributed by atoms with Crippen LogP contribution in [0.1, 0.15) is 48.0 Å². The van der Waals surface area contributed by atoms with Gasteiger partial charge in [-0.15, -0.1) is 0 Å². The number of carboxylic acid groups (broad SMARTS) is 1. The lowest BCUT2D eigenvalue weighted by Gasteiger charge is -2.29. The largest absolute Gasteiger partial charge is 0.483 e. The van der Waals surface area contributed by atoms with Gasteiger partial charge in [0.15, 0.2) is 0 Å². The molecule has 3 fully saturated rings. The van der Waals surface area contributed by atoms with E-state index in [2.05, 4.69) is 32.3 Å². The SMILES string of the molecule is CCCc1cnc(N2C[C@@H]3[C@H](CNC(=O)c4cc(C)no4)[C@H]4CC[C@]3(C2)O4)nc1.O=CO. The summed E-state index contributed by atoms with van der Waals surface area (Å²) in [4.78, 5) is 32.2. The van der Waals surface area contributed by atoms with Crippen LogP contribution in [0, 0.1) is 18.8 Å². The molecule has 3 saturated heterocycles. The van der Waals surface area contributed by atoms with Gasteiger partial charge in [-0.1, -0.05) is 18.5 Å². The standard InChI is InChI=1S/C21H27N5O3.CH2O2/c1-3-4-14-8-23-20(24-9-14)26-11-16-15(17-5-6-21(16,12-26)28-17)10-22-19(27)18-7-13(2)25-29-18;2-1-3/h7-9,15-17H,3-6,10-12H2,1-2H3,(H,22,27);1H,(H,2,3)/t15-,16+,17+,21+;/m0./s1. The van der Waals surface area contributed by atoms with Gasteiger partial charge in [-0.05, 0) is 31.7 Å².